The second-order valence-electron chi connectivity index (χ2n) is 9.65. The number of hydrogen-bond acceptors (Lipinski definition) is 2. The van der Waals surface area contributed by atoms with Crippen LogP contribution < -0.4 is 0 Å². The Kier molecular flexibility index (Phi) is 3.70. The molecule has 2 bridgehead atoms. The first-order valence-corrected chi connectivity index (χ1v) is 9.82. The highest BCUT2D eigenvalue weighted by atomic mass is 16.5. The molecule has 22 heavy (non-hydrogen) atoms. The molecule has 0 aromatic rings. The summed E-state index contributed by atoms with van der Waals surface area (Å²) < 4.78 is 5.68. The van der Waals surface area contributed by atoms with Gasteiger partial charge in [0.05, 0.1) is 18.8 Å². The standard InChI is InChI=1S/C19H34BNO/c1-13(2)19-8-6-17-15(9-16(10-19)20-19)5-7-18(11-22-12-18)21(17)14(3)4/h13-17,20H,5-12H2,1-4H3. The Morgan fingerprint density at radius 3 is 2.36 bits per heavy atom. The summed E-state index contributed by atoms with van der Waals surface area (Å²) in [6.07, 6.45) is 8.80. The van der Waals surface area contributed by atoms with Gasteiger partial charge in [0.15, 0.2) is 0 Å². The number of ether oxygens (including phenoxy) is 1. The fourth-order valence-electron chi connectivity index (χ4n) is 6.65. The maximum absolute atomic E-state index is 5.68. The minimum Gasteiger partial charge on any atom is -0.377 e. The van der Waals surface area contributed by atoms with Gasteiger partial charge in [-0.25, -0.2) is 0 Å². The van der Waals surface area contributed by atoms with Crippen molar-refractivity contribution in [1.82, 2.24) is 4.90 Å². The van der Waals surface area contributed by atoms with Gasteiger partial charge in [-0.3, -0.25) is 4.90 Å². The Morgan fingerprint density at radius 1 is 1.09 bits per heavy atom. The lowest BCUT2D eigenvalue weighted by Gasteiger charge is -2.63. The number of piperidine rings is 1. The van der Waals surface area contributed by atoms with Crippen LogP contribution >= 0.6 is 0 Å². The molecule has 1 spiro atoms. The van der Waals surface area contributed by atoms with Gasteiger partial charge < -0.3 is 4.74 Å². The molecule has 5 aliphatic rings. The van der Waals surface area contributed by atoms with Crippen molar-refractivity contribution < 1.29 is 4.74 Å². The highest BCUT2D eigenvalue weighted by Gasteiger charge is 2.56. The van der Waals surface area contributed by atoms with Crippen LogP contribution in [0, 0.1) is 11.8 Å². The van der Waals surface area contributed by atoms with E-state index in [4.69, 9.17) is 4.74 Å². The monoisotopic (exact) mass is 303 g/mol. The van der Waals surface area contributed by atoms with E-state index in [-0.39, 0.29) is 0 Å². The van der Waals surface area contributed by atoms with Gasteiger partial charge in [-0.1, -0.05) is 44.2 Å². The number of likely N-dealkylation sites (tertiary alicyclic amines) is 1. The van der Waals surface area contributed by atoms with Crippen LogP contribution in [0.1, 0.15) is 66.2 Å². The third-order valence-corrected chi connectivity index (χ3v) is 7.92. The van der Waals surface area contributed by atoms with Gasteiger partial charge in [0.1, 0.15) is 7.28 Å². The Bertz CT molecular complexity index is 425. The summed E-state index contributed by atoms with van der Waals surface area (Å²) in [6, 6.07) is 1.50. The number of hydrogen-bond donors (Lipinski definition) is 0. The Balaban J connectivity index is 1.58. The normalized spacial score (nSPS) is 43.8. The van der Waals surface area contributed by atoms with Crippen molar-refractivity contribution in [1.29, 1.82) is 0 Å². The van der Waals surface area contributed by atoms with E-state index in [0.717, 1.165) is 36.9 Å². The SMILES string of the molecule is CC(C)N1C2CCC3(C(C)C)BC(CC2CCC12COC2)C3. The molecule has 124 valence electrons. The Labute approximate surface area is 137 Å². The first-order valence-electron chi connectivity index (χ1n) is 9.82. The van der Waals surface area contributed by atoms with Gasteiger partial charge in [-0.05, 0) is 44.9 Å². The first kappa shape index (κ1) is 15.5. The van der Waals surface area contributed by atoms with Crippen LogP contribution in [0.2, 0.25) is 11.1 Å². The second-order valence-corrected chi connectivity index (χ2v) is 9.65. The molecule has 4 unspecified atom stereocenters. The van der Waals surface area contributed by atoms with Crippen LogP contribution in [0.4, 0.5) is 0 Å². The predicted molar refractivity (Wildman–Crippen MR) is 93.9 cm³/mol. The minimum atomic E-state index is 0.406. The quantitative estimate of drug-likeness (QED) is 0.718. The molecule has 5 rings (SSSR count). The molecule has 4 atom stereocenters. The first-order chi connectivity index (χ1) is 10.5. The van der Waals surface area contributed by atoms with Crippen molar-refractivity contribution in [3.05, 3.63) is 0 Å². The number of nitrogens with zero attached hydrogens (tertiary/aromatic N) is 1. The third kappa shape index (κ3) is 2.14. The number of fused-ring (bicyclic) bond motifs is 1. The summed E-state index contributed by atoms with van der Waals surface area (Å²) in [5, 5.41) is 0.693. The number of rotatable bonds is 2. The second kappa shape index (κ2) is 5.24. The van der Waals surface area contributed by atoms with E-state index in [0.29, 0.717) is 16.9 Å². The smallest absolute Gasteiger partial charge is 0.131 e. The lowest BCUT2D eigenvalue weighted by Crippen LogP contribution is -2.71. The lowest BCUT2D eigenvalue weighted by molar-refractivity contribution is -0.197. The molecular formula is C19H34BNO. The van der Waals surface area contributed by atoms with Crippen LogP contribution in [0.3, 0.4) is 0 Å². The maximum Gasteiger partial charge on any atom is 0.131 e. The van der Waals surface area contributed by atoms with Crippen LogP contribution in [-0.2, 0) is 4.74 Å². The van der Waals surface area contributed by atoms with E-state index < -0.39 is 0 Å². The van der Waals surface area contributed by atoms with Gasteiger partial charge >= 0.3 is 0 Å². The molecule has 4 aliphatic heterocycles. The van der Waals surface area contributed by atoms with Gasteiger partial charge in [0, 0.05) is 12.1 Å². The van der Waals surface area contributed by atoms with E-state index in [1.165, 1.54) is 45.8 Å². The molecule has 4 saturated heterocycles. The molecule has 1 saturated carbocycles. The Morgan fingerprint density at radius 2 is 1.82 bits per heavy atom. The molecule has 0 radical (unpaired) electrons. The zero-order chi connectivity index (χ0) is 15.5. The average Bonchev–Trinajstić information content (AvgIpc) is 2.34. The average molecular weight is 303 g/mol. The molecule has 0 aromatic carbocycles. The summed E-state index contributed by atoms with van der Waals surface area (Å²) in [7, 11) is 1.53. The van der Waals surface area contributed by atoms with E-state index >= 15 is 0 Å². The molecule has 0 aromatic heterocycles. The zero-order valence-electron chi connectivity index (χ0n) is 15.1. The molecular weight excluding hydrogens is 269 g/mol. The molecule has 2 nitrogen and oxygen atoms in total. The van der Waals surface area contributed by atoms with Gasteiger partial charge in [0.25, 0.3) is 0 Å². The highest BCUT2D eigenvalue weighted by molar-refractivity contribution is 6.46. The highest BCUT2D eigenvalue weighted by Crippen LogP contribution is 2.62. The van der Waals surface area contributed by atoms with E-state index in [9.17, 15) is 0 Å². The van der Waals surface area contributed by atoms with Crippen molar-refractivity contribution in [3.8, 4) is 0 Å². The summed E-state index contributed by atoms with van der Waals surface area (Å²) in [6.45, 7) is 11.8. The van der Waals surface area contributed by atoms with Gasteiger partial charge in [-0.15, -0.1) is 0 Å². The van der Waals surface area contributed by atoms with Crippen molar-refractivity contribution in [2.24, 2.45) is 11.8 Å². The third-order valence-electron chi connectivity index (χ3n) is 7.92. The zero-order valence-corrected chi connectivity index (χ0v) is 15.1. The van der Waals surface area contributed by atoms with Crippen molar-refractivity contribution >= 4 is 7.28 Å². The maximum atomic E-state index is 5.68. The summed E-state index contributed by atoms with van der Waals surface area (Å²) in [4.78, 5) is 2.92. The Hall–Kier alpha value is -0.0151. The van der Waals surface area contributed by atoms with E-state index in [1.54, 1.807) is 0 Å². The van der Waals surface area contributed by atoms with Crippen molar-refractivity contribution in [2.75, 3.05) is 13.2 Å². The van der Waals surface area contributed by atoms with Crippen molar-refractivity contribution in [3.63, 3.8) is 0 Å². The van der Waals surface area contributed by atoms with Gasteiger partial charge in [-0.2, -0.15) is 0 Å². The van der Waals surface area contributed by atoms with Crippen molar-refractivity contribution in [2.45, 2.75) is 95.0 Å². The topological polar surface area (TPSA) is 12.5 Å². The summed E-state index contributed by atoms with van der Waals surface area (Å²) >= 11 is 0. The van der Waals surface area contributed by atoms with Crippen LogP contribution in [0.5, 0.6) is 0 Å². The molecule has 5 fully saturated rings. The van der Waals surface area contributed by atoms with E-state index in [1.807, 2.05) is 0 Å². The lowest BCUT2D eigenvalue weighted by atomic mass is 9.26. The van der Waals surface area contributed by atoms with Crippen LogP contribution in [0.15, 0.2) is 0 Å². The minimum absolute atomic E-state index is 0.406. The van der Waals surface area contributed by atoms with Crippen LogP contribution in [0.25, 0.3) is 0 Å². The van der Waals surface area contributed by atoms with E-state index in [2.05, 4.69) is 32.6 Å². The summed E-state index contributed by atoms with van der Waals surface area (Å²) in [5.74, 6) is 2.87. The molecule has 4 heterocycles. The molecule has 1 aliphatic carbocycles. The molecule has 0 amide bonds. The summed E-state index contributed by atoms with van der Waals surface area (Å²) in [5.41, 5.74) is 0.406. The molecule has 3 heteroatoms. The predicted octanol–water partition coefficient (Wildman–Crippen LogP) is 3.87. The van der Waals surface area contributed by atoms with Gasteiger partial charge in [0.2, 0.25) is 0 Å². The van der Waals surface area contributed by atoms with Crippen LogP contribution in [-0.4, -0.2) is 43.0 Å². The largest absolute Gasteiger partial charge is 0.377 e. The fraction of sp³-hybridized carbons (Fsp3) is 1.00. The fourth-order valence-corrected chi connectivity index (χ4v) is 6.65. The molecule has 0 N–H and O–H groups in total.